The second kappa shape index (κ2) is 4.38. The Balaban J connectivity index is 2.20. The molecule has 0 aliphatic heterocycles. The molecule has 0 amide bonds. The zero-order valence-corrected chi connectivity index (χ0v) is 10.6. The Labute approximate surface area is 109 Å². The Morgan fingerprint density at radius 3 is 2.67 bits per heavy atom. The van der Waals surface area contributed by atoms with E-state index in [1.807, 2.05) is 12.1 Å². The summed E-state index contributed by atoms with van der Waals surface area (Å²) in [4.78, 5) is 8.39. The van der Waals surface area contributed by atoms with Gasteiger partial charge in [-0.3, -0.25) is 5.10 Å². The van der Waals surface area contributed by atoms with Gasteiger partial charge in [0.1, 0.15) is 0 Å². The largest absolute Gasteiger partial charge is 0.261 e. The molecular formula is C13H11ClN4. The molecule has 0 aliphatic carbocycles. The van der Waals surface area contributed by atoms with Gasteiger partial charge in [-0.05, 0) is 23.6 Å². The Kier molecular flexibility index (Phi) is 2.72. The van der Waals surface area contributed by atoms with Crippen molar-refractivity contribution < 1.29 is 0 Å². The number of aromatic nitrogens is 4. The zero-order chi connectivity index (χ0) is 12.5. The average molecular weight is 259 g/mol. The van der Waals surface area contributed by atoms with E-state index in [1.165, 1.54) is 5.56 Å². The second-order valence-corrected chi connectivity index (χ2v) is 4.36. The first-order valence-electron chi connectivity index (χ1n) is 5.74. The Hall–Kier alpha value is -1.94. The zero-order valence-electron chi connectivity index (χ0n) is 9.81. The van der Waals surface area contributed by atoms with Crippen molar-refractivity contribution in [1.82, 2.24) is 20.2 Å². The summed E-state index contributed by atoms with van der Waals surface area (Å²) >= 11 is 5.92. The summed E-state index contributed by atoms with van der Waals surface area (Å²) in [6.45, 7) is 2.13. The van der Waals surface area contributed by atoms with Crippen molar-refractivity contribution in [1.29, 1.82) is 0 Å². The molecule has 0 bridgehead atoms. The first-order chi connectivity index (χ1) is 8.78. The van der Waals surface area contributed by atoms with E-state index in [1.54, 1.807) is 6.20 Å². The van der Waals surface area contributed by atoms with Crippen LogP contribution in [-0.2, 0) is 6.42 Å². The molecule has 0 spiro atoms. The molecule has 90 valence electrons. The number of halogens is 1. The summed E-state index contributed by atoms with van der Waals surface area (Å²) in [6.07, 6.45) is 2.74. The van der Waals surface area contributed by atoms with E-state index in [2.05, 4.69) is 39.2 Å². The van der Waals surface area contributed by atoms with Crippen LogP contribution in [-0.4, -0.2) is 20.2 Å². The molecule has 0 aliphatic rings. The number of aromatic amines is 1. The topological polar surface area (TPSA) is 54.5 Å². The standard InChI is InChI=1S/C13H11ClN4/c1-2-8-3-5-9(6-4-8)11-10-7-15-18-12(10)17-13(14)16-11/h3-7H,2H2,1H3,(H,15,16,17,18). The molecule has 18 heavy (non-hydrogen) atoms. The quantitative estimate of drug-likeness (QED) is 0.718. The highest BCUT2D eigenvalue weighted by atomic mass is 35.5. The molecular weight excluding hydrogens is 248 g/mol. The van der Waals surface area contributed by atoms with E-state index in [0.717, 1.165) is 23.1 Å². The van der Waals surface area contributed by atoms with Gasteiger partial charge in [-0.25, -0.2) is 4.98 Å². The molecule has 0 saturated heterocycles. The molecule has 0 unspecified atom stereocenters. The van der Waals surface area contributed by atoms with Gasteiger partial charge in [0, 0.05) is 5.56 Å². The van der Waals surface area contributed by atoms with E-state index in [0.29, 0.717) is 5.65 Å². The van der Waals surface area contributed by atoms with Gasteiger partial charge in [0.05, 0.1) is 17.3 Å². The highest BCUT2D eigenvalue weighted by Crippen LogP contribution is 2.26. The molecule has 3 aromatic rings. The molecule has 0 fully saturated rings. The van der Waals surface area contributed by atoms with Gasteiger partial charge in [0.25, 0.3) is 0 Å². The third-order valence-electron chi connectivity index (χ3n) is 2.92. The molecule has 1 aromatic carbocycles. The molecule has 2 heterocycles. The molecule has 0 radical (unpaired) electrons. The van der Waals surface area contributed by atoms with Crippen LogP contribution in [0, 0.1) is 0 Å². The van der Waals surface area contributed by atoms with Crippen LogP contribution in [0.1, 0.15) is 12.5 Å². The van der Waals surface area contributed by atoms with Crippen LogP contribution in [0.4, 0.5) is 0 Å². The van der Waals surface area contributed by atoms with Gasteiger partial charge in [-0.2, -0.15) is 10.1 Å². The van der Waals surface area contributed by atoms with Crippen molar-refractivity contribution in [2.45, 2.75) is 13.3 Å². The van der Waals surface area contributed by atoms with Crippen molar-refractivity contribution in [3.63, 3.8) is 0 Å². The van der Waals surface area contributed by atoms with Crippen molar-refractivity contribution in [3.8, 4) is 11.3 Å². The molecule has 0 saturated carbocycles. The van der Waals surface area contributed by atoms with E-state index in [9.17, 15) is 0 Å². The summed E-state index contributed by atoms with van der Waals surface area (Å²) in [6, 6.07) is 8.28. The number of aryl methyl sites for hydroxylation is 1. The number of fused-ring (bicyclic) bond motifs is 1. The third kappa shape index (κ3) is 1.84. The molecule has 4 nitrogen and oxygen atoms in total. The second-order valence-electron chi connectivity index (χ2n) is 4.02. The van der Waals surface area contributed by atoms with Gasteiger partial charge >= 0.3 is 0 Å². The average Bonchev–Trinajstić information content (AvgIpc) is 2.86. The Bertz CT molecular complexity index is 688. The van der Waals surface area contributed by atoms with Crippen LogP contribution in [0.5, 0.6) is 0 Å². The summed E-state index contributed by atoms with van der Waals surface area (Å²) in [5.74, 6) is 0. The highest BCUT2D eigenvalue weighted by Gasteiger charge is 2.10. The van der Waals surface area contributed by atoms with E-state index < -0.39 is 0 Å². The van der Waals surface area contributed by atoms with E-state index in [-0.39, 0.29) is 5.28 Å². The number of nitrogens with one attached hydrogen (secondary N) is 1. The lowest BCUT2D eigenvalue weighted by Gasteiger charge is -2.04. The lowest BCUT2D eigenvalue weighted by Crippen LogP contribution is -1.90. The van der Waals surface area contributed by atoms with Gasteiger partial charge in [0.15, 0.2) is 5.65 Å². The third-order valence-corrected chi connectivity index (χ3v) is 3.09. The van der Waals surface area contributed by atoms with Crippen LogP contribution in [0.15, 0.2) is 30.5 Å². The number of H-pyrrole nitrogens is 1. The lowest BCUT2D eigenvalue weighted by molar-refractivity contribution is 1.09. The fraction of sp³-hybridized carbons (Fsp3) is 0.154. The van der Waals surface area contributed by atoms with Crippen LogP contribution in [0.3, 0.4) is 0 Å². The van der Waals surface area contributed by atoms with Gasteiger partial charge in [-0.15, -0.1) is 0 Å². The molecule has 3 rings (SSSR count). The normalized spacial score (nSPS) is 11.0. The minimum absolute atomic E-state index is 0.223. The van der Waals surface area contributed by atoms with E-state index >= 15 is 0 Å². The maximum Gasteiger partial charge on any atom is 0.224 e. The molecule has 5 heteroatoms. The van der Waals surface area contributed by atoms with Crippen molar-refractivity contribution in [3.05, 3.63) is 41.3 Å². The number of nitrogens with zero attached hydrogens (tertiary/aromatic N) is 3. The van der Waals surface area contributed by atoms with E-state index in [4.69, 9.17) is 11.6 Å². The number of benzene rings is 1. The monoisotopic (exact) mass is 258 g/mol. The maximum absolute atomic E-state index is 5.92. The van der Waals surface area contributed by atoms with Crippen molar-refractivity contribution in [2.24, 2.45) is 0 Å². The minimum Gasteiger partial charge on any atom is -0.261 e. The summed E-state index contributed by atoms with van der Waals surface area (Å²) in [5, 5.41) is 7.89. The molecule has 1 N–H and O–H groups in total. The van der Waals surface area contributed by atoms with Crippen LogP contribution < -0.4 is 0 Å². The predicted molar refractivity (Wildman–Crippen MR) is 71.5 cm³/mol. The molecule has 2 aromatic heterocycles. The van der Waals surface area contributed by atoms with Crippen LogP contribution in [0.25, 0.3) is 22.3 Å². The first kappa shape index (κ1) is 11.2. The van der Waals surface area contributed by atoms with Crippen molar-refractivity contribution >= 4 is 22.6 Å². The highest BCUT2D eigenvalue weighted by molar-refractivity contribution is 6.28. The van der Waals surface area contributed by atoms with Gasteiger partial charge in [0.2, 0.25) is 5.28 Å². The summed E-state index contributed by atoms with van der Waals surface area (Å²) < 4.78 is 0. The number of hydrogen-bond donors (Lipinski definition) is 1. The summed E-state index contributed by atoms with van der Waals surface area (Å²) in [7, 11) is 0. The number of rotatable bonds is 2. The fourth-order valence-electron chi connectivity index (χ4n) is 1.93. The summed E-state index contributed by atoms with van der Waals surface area (Å²) in [5.41, 5.74) is 3.77. The molecule has 0 atom stereocenters. The SMILES string of the molecule is CCc1ccc(-c2nc(Cl)nc3[nH]ncc23)cc1. The van der Waals surface area contributed by atoms with Crippen LogP contribution in [0.2, 0.25) is 5.28 Å². The van der Waals surface area contributed by atoms with Gasteiger partial charge in [-0.1, -0.05) is 31.2 Å². The van der Waals surface area contributed by atoms with Crippen molar-refractivity contribution in [2.75, 3.05) is 0 Å². The smallest absolute Gasteiger partial charge is 0.224 e. The minimum atomic E-state index is 0.223. The maximum atomic E-state index is 5.92. The first-order valence-corrected chi connectivity index (χ1v) is 6.11. The van der Waals surface area contributed by atoms with Gasteiger partial charge < -0.3 is 0 Å². The lowest BCUT2D eigenvalue weighted by atomic mass is 10.1. The number of hydrogen-bond acceptors (Lipinski definition) is 3. The Morgan fingerprint density at radius 1 is 1.17 bits per heavy atom. The Morgan fingerprint density at radius 2 is 1.94 bits per heavy atom. The fourth-order valence-corrected chi connectivity index (χ4v) is 2.09. The predicted octanol–water partition coefficient (Wildman–Crippen LogP) is 3.24. The van der Waals surface area contributed by atoms with Crippen LogP contribution >= 0.6 is 11.6 Å².